The van der Waals surface area contributed by atoms with Crippen molar-refractivity contribution in [3.8, 4) is 5.75 Å². The van der Waals surface area contributed by atoms with Crippen LogP contribution in [0.2, 0.25) is 0 Å². The average molecular weight is 325 g/mol. The fraction of sp³-hybridized carbons (Fsp3) is 0.357. The normalized spacial score (nSPS) is 12.4. The summed E-state index contributed by atoms with van der Waals surface area (Å²) in [7, 11) is 0. The highest BCUT2D eigenvalue weighted by Gasteiger charge is 2.11. The van der Waals surface area contributed by atoms with Crippen LogP contribution in [0.3, 0.4) is 0 Å². The zero-order valence-electron chi connectivity index (χ0n) is 11.0. The number of hydrogen-bond acceptors (Lipinski definition) is 3. The summed E-state index contributed by atoms with van der Waals surface area (Å²) in [6.07, 6.45) is 3.03. The van der Waals surface area contributed by atoms with Crippen molar-refractivity contribution in [2.24, 2.45) is 0 Å². The smallest absolute Gasteiger partial charge is 0.130 e. The maximum absolute atomic E-state index is 9.74. The second-order valence-electron chi connectivity index (χ2n) is 4.32. The van der Waals surface area contributed by atoms with Crippen LogP contribution >= 0.6 is 15.9 Å². The molecule has 0 amide bonds. The minimum Gasteiger partial charge on any atom is -0.487 e. The molecule has 0 saturated heterocycles. The van der Waals surface area contributed by atoms with E-state index in [0.717, 1.165) is 22.3 Å². The van der Waals surface area contributed by atoms with E-state index in [4.69, 9.17) is 4.74 Å². The number of hydrogen-bond donors (Lipinski definition) is 1. The number of nitrogens with zero attached hydrogens (tertiary/aromatic N) is 2. The van der Waals surface area contributed by atoms with Crippen molar-refractivity contribution >= 4 is 15.9 Å². The Morgan fingerprint density at radius 3 is 2.95 bits per heavy atom. The van der Waals surface area contributed by atoms with Gasteiger partial charge in [0.2, 0.25) is 0 Å². The van der Waals surface area contributed by atoms with Gasteiger partial charge in [0.1, 0.15) is 12.4 Å². The van der Waals surface area contributed by atoms with E-state index in [0.29, 0.717) is 12.4 Å². The van der Waals surface area contributed by atoms with Crippen LogP contribution in [0, 0.1) is 0 Å². The number of halogens is 1. The van der Waals surface area contributed by atoms with Gasteiger partial charge in [0.05, 0.1) is 24.3 Å². The van der Waals surface area contributed by atoms with Crippen LogP contribution in [0.1, 0.15) is 31.2 Å². The van der Waals surface area contributed by atoms with Crippen molar-refractivity contribution in [3.63, 3.8) is 0 Å². The summed E-state index contributed by atoms with van der Waals surface area (Å²) < 4.78 is 8.77. The topological polar surface area (TPSA) is 47.3 Å². The highest BCUT2D eigenvalue weighted by molar-refractivity contribution is 9.10. The fourth-order valence-electron chi connectivity index (χ4n) is 1.88. The Balaban J connectivity index is 2.17. The molecule has 4 nitrogen and oxygen atoms in total. The molecule has 0 aliphatic carbocycles. The molecule has 1 N–H and O–H groups in total. The number of aryl methyl sites for hydroxylation is 1. The third kappa shape index (κ3) is 3.36. The highest BCUT2D eigenvalue weighted by Crippen LogP contribution is 2.29. The largest absolute Gasteiger partial charge is 0.487 e. The van der Waals surface area contributed by atoms with E-state index in [2.05, 4.69) is 27.8 Å². The first-order valence-corrected chi connectivity index (χ1v) is 7.00. The number of aromatic nitrogens is 2. The van der Waals surface area contributed by atoms with Crippen LogP contribution in [0.4, 0.5) is 0 Å². The van der Waals surface area contributed by atoms with Gasteiger partial charge >= 0.3 is 0 Å². The van der Waals surface area contributed by atoms with Crippen molar-refractivity contribution in [1.29, 1.82) is 0 Å². The quantitative estimate of drug-likeness (QED) is 0.917. The number of imidazole rings is 1. The highest BCUT2D eigenvalue weighted by atomic mass is 79.9. The molecule has 0 aliphatic heterocycles. The molecule has 2 rings (SSSR count). The van der Waals surface area contributed by atoms with Crippen LogP contribution in [0.5, 0.6) is 5.75 Å². The van der Waals surface area contributed by atoms with Crippen LogP contribution in [0.15, 0.2) is 35.2 Å². The Labute approximate surface area is 121 Å². The van der Waals surface area contributed by atoms with Gasteiger partial charge in [-0.25, -0.2) is 4.98 Å². The summed E-state index contributed by atoms with van der Waals surface area (Å²) in [5.41, 5.74) is 1.80. The molecule has 1 aromatic heterocycles. The first-order valence-electron chi connectivity index (χ1n) is 6.21. The molecule has 1 aromatic carbocycles. The lowest BCUT2D eigenvalue weighted by molar-refractivity contribution is 0.189. The summed E-state index contributed by atoms with van der Waals surface area (Å²) in [6.45, 7) is 5.09. The van der Waals surface area contributed by atoms with E-state index >= 15 is 0 Å². The molecule has 1 unspecified atom stereocenters. The summed E-state index contributed by atoms with van der Waals surface area (Å²) in [4.78, 5) is 4.10. The zero-order chi connectivity index (χ0) is 13.8. The molecule has 0 spiro atoms. The van der Waals surface area contributed by atoms with Gasteiger partial charge in [0.15, 0.2) is 0 Å². The van der Waals surface area contributed by atoms with Crippen molar-refractivity contribution < 1.29 is 9.84 Å². The molecule has 0 saturated carbocycles. The van der Waals surface area contributed by atoms with E-state index in [9.17, 15) is 5.11 Å². The van der Waals surface area contributed by atoms with Gasteiger partial charge in [0, 0.05) is 16.6 Å². The van der Waals surface area contributed by atoms with Gasteiger partial charge in [-0.05, 0) is 26.0 Å². The molecule has 0 radical (unpaired) electrons. The van der Waals surface area contributed by atoms with Gasteiger partial charge in [-0.15, -0.1) is 0 Å². The number of ether oxygens (including phenoxy) is 1. The Morgan fingerprint density at radius 1 is 1.47 bits per heavy atom. The second-order valence-corrected chi connectivity index (χ2v) is 5.23. The predicted molar refractivity (Wildman–Crippen MR) is 77.0 cm³/mol. The average Bonchev–Trinajstić information content (AvgIpc) is 2.83. The molecule has 0 aliphatic rings. The molecule has 102 valence electrons. The maximum Gasteiger partial charge on any atom is 0.130 e. The lowest BCUT2D eigenvalue weighted by atomic mass is 10.1. The first kappa shape index (κ1) is 14.1. The van der Waals surface area contributed by atoms with Gasteiger partial charge in [-0.1, -0.05) is 22.0 Å². The molecule has 0 bridgehead atoms. The van der Waals surface area contributed by atoms with E-state index in [1.54, 1.807) is 19.4 Å². The number of benzene rings is 1. The van der Waals surface area contributed by atoms with Crippen molar-refractivity contribution in [1.82, 2.24) is 9.55 Å². The zero-order valence-corrected chi connectivity index (χ0v) is 12.6. The van der Waals surface area contributed by atoms with Gasteiger partial charge in [0.25, 0.3) is 0 Å². The monoisotopic (exact) mass is 324 g/mol. The summed E-state index contributed by atoms with van der Waals surface area (Å²) in [5.74, 6) is 0.688. The van der Waals surface area contributed by atoms with Crippen molar-refractivity contribution in [2.75, 3.05) is 0 Å². The molecular formula is C14H17BrN2O2. The lowest BCUT2D eigenvalue weighted by Gasteiger charge is -2.14. The van der Waals surface area contributed by atoms with Crippen LogP contribution in [-0.2, 0) is 13.2 Å². The third-order valence-corrected chi connectivity index (χ3v) is 3.43. The van der Waals surface area contributed by atoms with Crippen LogP contribution < -0.4 is 4.74 Å². The summed E-state index contributed by atoms with van der Waals surface area (Å²) in [6, 6.07) is 5.63. The van der Waals surface area contributed by atoms with Crippen LogP contribution in [0.25, 0.3) is 0 Å². The second kappa shape index (κ2) is 6.21. The molecule has 1 atom stereocenters. The van der Waals surface area contributed by atoms with Gasteiger partial charge in [-0.2, -0.15) is 0 Å². The van der Waals surface area contributed by atoms with E-state index in [1.807, 2.05) is 22.8 Å². The number of aliphatic hydroxyl groups excluding tert-OH is 1. The molecule has 5 heteroatoms. The van der Waals surface area contributed by atoms with Crippen molar-refractivity contribution in [2.45, 2.75) is 33.1 Å². The SMILES string of the molecule is CCn1cncc1COc1cc(Br)ccc1C(C)O. The third-order valence-electron chi connectivity index (χ3n) is 2.94. The number of aliphatic hydroxyl groups is 1. The van der Waals surface area contributed by atoms with Gasteiger partial charge < -0.3 is 14.4 Å². The minimum absolute atomic E-state index is 0.435. The summed E-state index contributed by atoms with van der Waals surface area (Å²) >= 11 is 3.41. The van der Waals surface area contributed by atoms with E-state index in [1.165, 1.54) is 0 Å². The molecule has 0 fully saturated rings. The maximum atomic E-state index is 9.74. The Morgan fingerprint density at radius 2 is 2.26 bits per heavy atom. The standard InChI is InChI=1S/C14H17BrN2O2/c1-3-17-9-16-7-12(17)8-19-14-6-11(15)4-5-13(14)10(2)18/h4-7,9-10,18H,3,8H2,1-2H3. The Hall–Kier alpha value is -1.33. The molecule has 1 heterocycles. The molecular weight excluding hydrogens is 308 g/mol. The number of rotatable bonds is 5. The molecule has 2 aromatic rings. The lowest BCUT2D eigenvalue weighted by Crippen LogP contribution is -2.05. The van der Waals surface area contributed by atoms with E-state index < -0.39 is 6.10 Å². The Bertz CT molecular complexity index is 552. The van der Waals surface area contributed by atoms with Gasteiger partial charge in [-0.3, -0.25) is 0 Å². The fourth-order valence-corrected chi connectivity index (χ4v) is 2.22. The first-order chi connectivity index (χ1) is 9.11. The minimum atomic E-state index is -0.556. The summed E-state index contributed by atoms with van der Waals surface area (Å²) in [5, 5.41) is 9.74. The van der Waals surface area contributed by atoms with E-state index in [-0.39, 0.29) is 0 Å². The van der Waals surface area contributed by atoms with Crippen LogP contribution in [-0.4, -0.2) is 14.7 Å². The van der Waals surface area contributed by atoms with Crippen molar-refractivity contribution in [3.05, 3.63) is 46.5 Å². The predicted octanol–water partition coefficient (Wildman–Crippen LogP) is 3.30. The Kier molecular flexibility index (Phi) is 4.61. The molecule has 19 heavy (non-hydrogen) atoms.